The lowest BCUT2D eigenvalue weighted by Crippen LogP contribution is -2.11. The summed E-state index contributed by atoms with van der Waals surface area (Å²) in [6.45, 7) is 5.80. The van der Waals surface area contributed by atoms with Gasteiger partial charge in [-0.3, -0.25) is 4.79 Å². The predicted molar refractivity (Wildman–Crippen MR) is 41.7 cm³/mol. The second-order valence-corrected chi connectivity index (χ2v) is 2.92. The van der Waals surface area contributed by atoms with Gasteiger partial charge in [-0.05, 0) is 18.8 Å². The molecule has 0 aromatic rings. The summed E-state index contributed by atoms with van der Waals surface area (Å²) in [5.74, 6) is 1.20. The lowest BCUT2D eigenvalue weighted by atomic mass is 9.93. The molecule has 1 aliphatic carbocycles. The number of allylic oxidation sites excluding steroid dienone is 1. The molecule has 0 aliphatic heterocycles. The summed E-state index contributed by atoms with van der Waals surface area (Å²) < 4.78 is 0. The van der Waals surface area contributed by atoms with E-state index in [9.17, 15) is 4.79 Å². The molecule has 0 amide bonds. The third kappa shape index (κ3) is 1.13. The van der Waals surface area contributed by atoms with Crippen molar-refractivity contribution in [2.45, 2.75) is 26.2 Å². The number of hydrogen-bond acceptors (Lipinski definition) is 1. The number of carbonyl (C=O) groups is 1. The maximum absolute atomic E-state index is 11.1. The Kier molecular flexibility index (Phi) is 2.25. The van der Waals surface area contributed by atoms with E-state index in [1.807, 2.05) is 6.08 Å². The van der Waals surface area contributed by atoms with E-state index in [-0.39, 0.29) is 5.92 Å². The SMILES string of the molecule is C=CC1CCC(=O)C1CC. The molecule has 1 heteroatoms. The molecule has 0 aromatic carbocycles. The first-order valence-corrected chi connectivity index (χ1v) is 3.94. The largest absolute Gasteiger partial charge is 0.299 e. The van der Waals surface area contributed by atoms with E-state index in [0.717, 1.165) is 19.3 Å². The van der Waals surface area contributed by atoms with Gasteiger partial charge in [-0.1, -0.05) is 13.0 Å². The van der Waals surface area contributed by atoms with E-state index in [1.54, 1.807) is 0 Å². The highest BCUT2D eigenvalue weighted by atomic mass is 16.1. The smallest absolute Gasteiger partial charge is 0.136 e. The highest BCUT2D eigenvalue weighted by Crippen LogP contribution is 2.31. The van der Waals surface area contributed by atoms with Crippen LogP contribution in [0.2, 0.25) is 0 Å². The minimum atomic E-state index is 0.289. The maximum Gasteiger partial charge on any atom is 0.136 e. The Labute approximate surface area is 62.1 Å². The highest BCUT2D eigenvalue weighted by molar-refractivity contribution is 5.83. The van der Waals surface area contributed by atoms with Crippen molar-refractivity contribution < 1.29 is 4.79 Å². The van der Waals surface area contributed by atoms with Crippen molar-refractivity contribution in [1.29, 1.82) is 0 Å². The monoisotopic (exact) mass is 138 g/mol. The van der Waals surface area contributed by atoms with Crippen molar-refractivity contribution in [3.8, 4) is 0 Å². The zero-order valence-electron chi connectivity index (χ0n) is 6.47. The standard InChI is InChI=1S/C9H14O/c1-3-7-5-6-9(10)8(7)4-2/h3,7-8H,1,4-6H2,2H3. The topological polar surface area (TPSA) is 17.1 Å². The zero-order chi connectivity index (χ0) is 7.56. The molecule has 0 N–H and O–H groups in total. The summed E-state index contributed by atoms with van der Waals surface area (Å²) in [7, 11) is 0. The summed E-state index contributed by atoms with van der Waals surface area (Å²) in [5.41, 5.74) is 0. The van der Waals surface area contributed by atoms with Gasteiger partial charge in [0, 0.05) is 12.3 Å². The summed E-state index contributed by atoms with van der Waals surface area (Å²) in [5, 5.41) is 0. The summed E-state index contributed by atoms with van der Waals surface area (Å²) >= 11 is 0. The van der Waals surface area contributed by atoms with E-state index in [4.69, 9.17) is 0 Å². The van der Waals surface area contributed by atoms with Crippen LogP contribution in [0, 0.1) is 11.8 Å². The van der Waals surface area contributed by atoms with E-state index in [2.05, 4.69) is 13.5 Å². The van der Waals surface area contributed by atoms with Crippen LogP contribution in [0.15, 0.2) is 12.7 Å². The van der Waals surface area contributed by atoms with Crippen molar-refractivity contribution in [2.24, 2.45) is 11.8 Å². The number of carbonyl (C=O) groups excluding carboxylic acids is 1. The fourth-order valence-electron chi connectivity index (χ4n) is 1.75. The average Bonchev–Trinajstić information content (AvgIpc) is 2.30. The Morgan fingerprint density at radius 1 is 1.80 bits per heavy atom. The van der Waals surface area contributed by atoms with Crippen molar-refractivity contribution in [1.82, 2.24) is 0 Å². The molecule has 0 heterocycles. The normalized spacial score (nSPS) is 32.7. The molecule has 1 saturated carbocycles. The van der Waals surface area contributed by atoms with Gasteiger partial charge in [0.15, 0.2) is 0 Å². The van der Waals surface area contributed by atoms with Crippen LogP contribution >= 0.6 is 0 Å². The molecule has 0 spiro atoms. The Morgan fingerprint density at radius 3 is 2.90 bits per heavy atom. The highest BCUT2D eigenvalue weighted by Gasteiger charge is 2.30. The van der Waals surface area contributed by atoms with Gasteiger partial charge in [0.1, 0.15) is 5.78 Å². The fraction of sp³-hybridized carbons (Fsp3) is 0.667. The van der Waals surface area contributed by atoms with Crippen LogP contribution in [0.5, 0.6) is 0 Å². The van der Waals surface area contributed by atoms with Crippen LogP contribution < -0.4 is 0 Å². The van der Waals surface area contributed by atoms with Crippen LogP contribution in [0.25, 0.3) is 0 Å². The summed E-state index contributed by atoms with van der Waals surface area (Å²) in [6.07, 6.45) is 4.71. The molecule has 1 aliphatic rings. The Balaban J connectivity index is 2.62. The van der Waals surface area contributed by atoms with Crippen LogP contribution in [-0.2, 0) is 4.79 Å². The second-order valence-electron chi connectivity index (χ2n) is 2.92. The first-order chi connectivity index (χ1) is 4.79. The molecule has 1 nitrogen and oxygen atoms in total. The lowest BCUT2D eigenvalue weighted by Gasteiger charge is -2.10. The summed E-state index contributed by atoms with van der Waals surface area (Å²) in [6, 6.07) is 0. The van der Waals surface area contributed by atoms with Crippen LogP contribution in [0.3, 0.4) is 0 Å². The third-order valence-electron chi connectivity index (χ3n) is 2.40. The van der Waals surface area contributed by atoms with Gasteiger partial charge in [-0.25, -0.2) is 0 Å². The molecule has 10 heavy (non-hydrogen) atoms. The van der Waals surface area contributed by atoms with Gasteiger partial charge in [0.05, 0.1) is 0 Å². The Hall–Kier alpha value is -0.590. The van der Waals surface area contributed by atoms with Gasteiger partial charge >= 0.3 is 0 Å². The zero-order valence-corrected chi connectivity index (χ0v) is 6.47. The van der Waals surface area contributed by atoms with Crippen LogP contribution in [0.4, 0.5) is 0 Å². The predicted octanol–water partition coefficient (Wildman–Crippen LogP) is 2.18. The number of ketones is 1. The second kappa shape index (κ2) is 3.00. The molecule has 56 valence electrons. The van der Waals surface area contributed by atoms with Gasteiger partial charge < -0.3 is 0 Å². The van der Waals surface area contributed by atoms with E-state index >= 15 is 0 Å². The molecule has 1 fully saturated rings. The molecule has 0 radical (unpaired) electrons. The van der Waals surface area contributed by atoms with Gasteiger partial charge in [-0.2, -0.15) is 0 Å². The van der Waals surface area contributed by atoms with Crippen molar-refractivity contribution in [3.05, 3.63) is 12.7 Å². The Morgan fingerprint density at radius 2 is 2.50 bits per heavy atom. The Bertz CT molecular complexity index is 149. The lowest BCUT2D eigenvalue weighted by molar-refractivity contribution is -0.121. The van der Waals surface area contributed by atoms with Crippen molar-refractivity contribution in [2.75, 3.05) is 0 Å². The molecule has 0 bridgehead atoms. The summed E-state index contributed by atoms with van der Waals surface area (Å²) in [4.78, 5) is 11.1. The molecular formula is C9H14O. The van der Waals surface area contributed by atoms with Crippen LogP contribution in [-0.4, -0.2) is 5.78 Å². The maximum atomic E-state index is 11.1. The fourth-order valence-corrected chi connectivity index (χ4v) is 1.75. The van der Waals surface area contributed by atoms with E-state index in [1.165, 1.54) is 0 Å². The van der Waals surface area contributed by atoms with E-state index in [0.29, 0.717) is 11.7 Å². The quantitative estimate of drug-likeness (QED) is 0.534. The van der Waals surface area contributed by atoms with Crippen LogP contribution in [0.1, 0.15) is 26.2 Å². The minimum Gasteiger partial charge on any atom is -0.299 e. The average molecular weight is 138 g/mol. The first-order valence-electron chi connectivity index (χ1n) is 3.94. The molecule has 0 aromatic heterocycles. The molecule has 0 saturated heterocycles. The van der Waals surface area contributed by atoms with Crippen molar-refractivity contribution >= 4 is 5.78 Å². The van der Waals surface area contributed by atoms with Gasteiger partial charge in [0.25, 0.3) is 0 Å². The molecule has 2 unspecified atom stereocenters. The molecule has 1 rings (SSSR count). The number of Topliss-reactive ketones (excluding diaryl/α,β-unsaturated/α-hetero) is 1. The third-order valence-corrected chi connectivity index (χ3v) is 2.40. The van der Waals surface area contributed by atoms with Gasteiger partial charge in [-0.15, -0.1) is 6.58 Å². The molecular weight excluding hydrogens is 124 g/mol. The van der Waals surface area contributed by atoms with E-state index < -0.39 is 0 Å². The number of hydrogen-bond donors (Lipinski definition) is 0. The van der Waals surface area contributed by atoms with Crippen molar-refractivity contribution in [3.63, 3.8) is 0 Å². The minimum absolute atomic E-state index is 0.289. The number of rotatable bonds is 2. The first kappa shape index (κ1) is 7.52. The molecule has 2 atom stereocenters. The van der Waals surface area contributed by atoms with Gasteiger partial charge in [0.2, 0.25) is 0 Å².